The molecule has 0 saturated heterocycles. The van der Waals surface area contributed by atoms with Gasteiger partial charge in [-0.1, -0.05) is 55.2 Å². The van der Waals surface area contributed by atoms with Crippen molar-refractivity contribution in [2.24, 2.45) is 0 Å². The molecule has 0 radical (unpaired) electrons. The summed E-state index contributed by atoms with van der Waals surface area (Å²) in [6.07, 6.45) is 6.07. The number of carbonyl (C=O) groups excluding carboxylic acids is 3. The molecule has 3 amide bonds. The van der Waals surface area contributed by atoms with Gasteiger partial charge in [-0.05, 0) is 46.1 Å². The van der Waals surface area contributed by atoms with E-state index in [1.807, 2.05) is 31.2 Å². The van der Waals surface area contributed by atoms with Crippen LogP contribution >= 0.6 is 12.6 Å². The largest absolute Gasteiger partial charge is 0.444 e. The Balaban J connectivity index is 2.35. The molecule has 1 fully saturated rings. The summed E-state index contributed by atoms with van der Waals surface area (Å²) in [6, 6.07) is 5.83. The van der Waals surface area contributed by atoms with E-state index in [0.29, 0.717) is 5.56 Å². The van der Waals surface area contributed by atoms with Gasteiger partial charge in [0.1, 0.15) is 17.7 Å². The Morgan fingerprint density at radius 3 is 2.47 bits per heavy atom. The number of rotatable bonds is 9. The van der Waals surface area contributed by atoms with Gasteiger partial charge in [0, 0.05) is 18.3 Å². The number of nitrogens with one attached hydrogen (secondary N) is 2. The topological polar surface area (TPSA) is 87.7 Å². The molecule has 0 spiro atoms. The molecule has 0 aromatic heterocycles. The van der Waals surface area contributed by atoms with Crippen LogP contribution in [0.25, 0.3) is 0 Å². The molecule has 0 heterocycles. The molecule has 1 aromatic carbocycles. The number of thiol groups is 1. The lowest BCUT2D eigenvalue weighted by Crippen LogP contribution is -2.54. The van der Waals surface area contributed by atoms with Gasteiger partial charge in [-0.15, -0.1) is 6.58 Å². The van der Waals surface area contributed by atoms with Gasteiger partial charge in [-0.2, -0.15) is 12.6 Å². The van der Waals surface area contributed by atoms with Crippen molar-refractivity contribution in [3.05, 3.63) is 48.0 Å². The molecule has 188 valence electrons. The lowest BCUT2D eigenvalue weighted by molar-refractivity contribution is -0.141. The number of hydrogen-bond acceptors (Lipinski definition) is 5. The number of alkyl carbamates (subject to hydrolysis) is 1. The first-order valence-electron chi connectivity index (χ1n) is 11.9. The minimum Gasteiger partial charge on any atom is -0.444 e. The van der Waals surface area contributed by atoms with Crippen LogP contribution in [0.1, 0.15) is 70.0 Å². The minimum absolute atomic E-state index is 0.0521. The van der Waals surface area contributed by atoms with Crippen molar-refractivity contribution in [3.8, 4) is 0 Å². The van der Waals surface area contributed by atoms with E-state index in [9.17, 15) is 14.4 Å². The second-order valence-corrected chi connectivity index (χ2v) is 10.2. The number of ether oxygens (including phenoxy) is 1. The average Bonchev–Trinajstić information content (AvgIpc) is 2.76. The highest BCUT2D eigenvalue weighted by molar-refractivity contribution is 7.80. The Morgan fingerprint density at radius 2 is 1.91 bits per heavy atom. The van der Waals surface area contributed by atoms with Crippen LogP contribution in [0.3, 0.4) is 0 Å². The molecular formula is C26H39N3O4S. The molecular weight excluding hydrogens is 450 g/mol. The fourth-order valence-electron chi connectivity index (χ4n) is 4.14. The van der Waals surface area contributed by atoms with Crippen LogP contribution in [0.5, 0.6) is 0 Å². The summed E-state index contributed by atoms with van der Waals surface area (Å²) >= 11 is 4.29. The van der Waals surface area contributed by atoms with Crippen LogP contribution in [-0.4, -0.2) is 52.8 Å². The van der Waals surface area contributed by atoms with Crippen molar-refractivity contribution in [2.45, 2.75) is 83.5 Å². The maximum atomic E-state index is 13.6. The van der Waals surface area contributed by atoms with Gasteiger partial charge in [0.15, 0.2) is 0 Å². The van der Waals surface area contributed by atoms with Crippen molar-refractivity contribution in [3.63, 3.8) is 0 Å². The van der Waals surface area contributed by atoms with Gasteiger partial charge in [0.05, 0.1) is 0 Å². The molecule has 2 N–H and O–H groups in total. The quantitative estimate of drug-likeness (QED) is 0.356. The van der Waals surface area contributed by atoms with Crippen LogP contribution < -0.4 is 10.6 Å². The molecule has 1 aromatic rings. The van der Waals surface area contributed by atoms with Gasteiger partial charge in [0.25, 0.3) is 0 Å². The van der Waals surface area contributed by atoms with Crippen molar-refractivity contribution >= 4 is 30.5 Å². The second-order valence-electron chi connectivity index (χ2n) is 9.82. The highest BCUT2D eigenvalue weighted by Crippen LogP contribution is 2.25. The SMILES string of the molecule is C=CCN(C(=O)C(CS)NC(=O)OC(C)(C)C)C(C(=O)NC1CCCCC1)c1cccc(C)c1. The summed E-state index contributed by atoms with van der Waals surface area (Å²) in [5.74, 6) is -0.606. The van der Waals surface area contributed by atoms with Crippen LogP contribution in [0.15, 0.2) is 36.9 Å². The van der Waals surface area contributed by atoms with Crippen molar-refractivity contribution < 1.29 is 19.1 Å². The van der Waals surface area contributed by atoms with E-state index < -0.39 is 29.7 Å². The monoisotopic (exact) mass is 489 g/mol. The number of hydrogen-bond donors (Lipinski definition) is 3. The zero-order valence-electron chi connectivity index (χ0n) is 20.8. The molecule has 2 rings (SSSR count). The molecule has 34 heavy (non-hydrogen) atoms. The Labute approximate surface area is 209 Å². The van der Waals surface area contributed by atoms with Crippen LogP contribution in [-0.2, 0) is 14.3 Å². The first-order valence-corrected chi connectivity index (χ1v) is 12.6. The molecule has 1 aliphatic carbocycles. The summed E-state index contributed by atoms with van der Waals surface area (Å²) in [6.45, 7) is 11.1. The molecule has 1 saturated carbocycles. The number of amides is 3. The first-order chi connectivity index (χ1) is 16.1. The summed E-state index contributed by atoms with van der Waals surface area (Å²) < 4.78 is 5.31. The molecule has 8 heteroatoms. The maximum absolute atomic E-state index is 13.6. The molecule has 0 aliphatic heterocycles. The predicted molar refractivity (Wildman–Crippen MR) is 138 cm³/mol. The predicted octanol–water partition coefficient (Wildman–Crippen LogP) is 4.32. The Bertz CT molecular complexity index is 862. The van der Waals surface area contributed by atoms with Gasteiger partial charge >= 0.3 is 6.09 Å². The zero-order chi connectivity index (χ0) is 25.3. The summed E-state index contributed by atoms with van der Waals surface area (Å²) in [5.41, 5.74) is 0.981. The summed E-state index contributed by atoms with van der Waals surface area (Å²) in [7, 11) is 0. The molecule has 2 atom stereocenters. The van der Waals surface area contributed by atoms with Gasteiger partial charge in [-0.25, -0.2) is 4.79 Å². The molecule has 1 aliphatic rings. The standard InChI is InChI=1S/C26H39N3O4S/c1-6-15-29(24(31)21(17-34)28-25(32)33-26(3,4)5)22(19-12-10-11-18(2)16-19)23(30)27-20-13-8-7-9-14-20/h6,10-12,16,20-22,34H,1,7-9,13-15,17H2,2-5H3,(H,27,30)(H,28,32). The van der Waals surface area contributed by atoms with Crippen molar-refractivity contribution in [1.82, 2.24) is 15.5 Å². The summed E-state index contributed by atoms with van der Waals surface area (Å²) in [5, 5.41) is 5.77. The molecule has 2 unspecified atom stereocenters. The fourth-order valence-corrected chi connectivity index (χ4v) is 4.38. The van der Waals surface area contributed by atoms with Gasteiger partial charge in [0.2, 0.25) is 11.8 Å². The third-order valence-corrected chi connectivity index (χ3v) is 6.02. The number of aryl methyl sites for hydroxylation is 1. The van der Waals surface area contributed by atoms with E-state index in [-0.39, 0.29) is 24.2 Å². The highest BCUT2D eigenvalue weighted by Gasteiger charge is 2.36. The Morgan fingerprint density at radius 1 is 1.24 bits per heavy atom. The Kier molecular flexibility index (Phi) is 10.5. The lowest BCUT2D eigenvalue weighted by atomic mass is 9.94. The fraction of sp³-hybridized carbons (Fsp3) is 0.577. The Hall–Kier alpha value is -2.48. The number of nitrogens with zero attached hydrogens (tertiary/aromatic N) is 1. The van der Waals surface area contributed by atoms with Crippen LogP contribution in [0.2, 0.25) is 0 Å². The third-order valence-electron chi connectivity index (χ3n) is 5.65. The number of benzene rings is 1. The minimum atomic E-state index is -0.965. The summed E-state index contributed by atoms with van der Waals surface area (Å²) in [4.78, 5) is 41.0. The van der Waals surface area contributed by atoms with E-state index >= 15 is 0 Å². The van der Waals surface area contributed by atoms with Crippen molar-refractivity contribution in [1.29, 1.82) is 0 Å². The van der Waals surface area contributed by atoms with Gasteiger partial charge < -0.3 is 20.3 Å². The van der Waals surface area contributed by atoms with Gasteiger partial charge in [-0.3, -0.25) is 9.59 Å². The van der Waals surface area contributed by atoms with E-state index in [1.165, 1.54) is 11.3 Å². The van der Waals surface area contributed by atoms with E-state index in [0.717, 1.165) is 31.2 Å². The van der Waals surface area contributed by atoms with Crippen LogP contribution in [0.4, 0.5) is 4.79 Å². The molecule has 0 bridgehead atoms. The van der Waals surface area contributed by atoms with E-state index in [4.69, 9.17) is 4.74 Å². The smallest absolute Gasteiger partial charge is 0.408 e. The third kappa shape index (κ3) is 8.38. The highest BCUT2D eigenvalue weighted by atomic mass is 32.1. The maximum Gasteiger partial charge on any atom is 0.408 e. The zero-order valence-corrected chi connectivity index (χ0v) is 21.7. The van der Waals surface area contributed by atoms with E-state index in [1.54, 1.807) is 26.8 Å². The first kappa shape index (κ1) is 27.8. The van der Waals surface area contributed by atoms with E-state index in [2.05, 4.69) is 29.8 Å². The number of carbonyl (C=O) groups is 3. The normalized spacial score (nSPS) is 16.1. The average molecular weight is 490 g/mol. The van der Waals surface area contributed by atoms with Crippen molar-refractivity contribution in [2.75, 3.05) is 12.3 Å². The second kappa shape index (κ2) is 12.8. The lowest BCUT2D eigenvalue weighted by Gasteiger charge is -2.35. The van der Waals surface area contributed by atoms with Crippen LogP contribution in [0, 0.1) is 6.92 Å². The molecule has 7 nitrogen and oxygen atoms in total.